The van der Waals surface area contributed by atoms with E-state index in [1.807, 2.05) is 30.0 Å². The highest BCUT2D eigenvalue weighted by atomic mass is 79.9. The Kier molecular flexibility index (Phi) is 5.14. The maximum atomic E-state index is 9.17. The van der Waals surface area contributed by atoms with Crippen LogP contribution in [0.25, 0.3) is 0 Å². The molecule has 1 aliphatic rings. The zero-order valence-corrected chi connectivity index (χ0v) is 13.3. The second kappa shape index (κ2) is 6.65. The van der Waals surface area contributed by atoms with Gasteiger partial charge in [-0.1, -0.05) is 15.9 Å². The average Bonchev–Trinajstić information content (AvgIpc) is 2.47. The molecule has 3 nitrogen and oxygen atoms in total. The summed E-state index contributed by atoms with van der Waals surface area (Å²) in [5.74, 6) is 0. The standard InChI is InChI=1S/C14H17BrN2OS/c1-19-14(4-6-18-7-5-14)10-17-13-3-2-12(15)8-11(13)9-16/h2-3,8,17H,4-7,10H2,1H3. The van der Waals surface area contributed by atoms with Crippen LogP contribution in [-0.4, -0.2) is 30.8 Å². The number of rotatable bonds is 4. The Morgan fingerprint density at radius 3 is 2.84 bits per heavy atom. The van der Waals surface area contributed by atoms with Crippen molar-refractivity contribution in [2.75, 3.05) is 31.3 Å². The number of nitrogens with zero attached hydrogens (tertiary/aromatic N) is 1. The summed E-state index contributed by atoms with van der Waals surface area (Å²) in [7, 11) is 0. The van der Waals surface area contributed by atoms with E-state index in [1.54, 1.807) is 0 Å². The van der Waals surface area contributed by atoms with Gasteiger partial charge in [0.25, 0.3) is 0 Å². The molecule has 1 heterocycles. The highest BCUT2D eigenvalue weighted by molar-refractivity contribution is 9.10. The van der Waals surface area contributed by atoms with Crippen molar-refractivity contribution < 1.29 is 4.74 Å². The lowest BCUT2D eigenvalue weighted by Gasteiger charge is -2.36. The molecule has 0 radical (unpaired) electrons. The first-order chi connectivity index (χ1) is 9.19. The summed E-state index contributed by atoms with van der Waals surface area (Å²) < 4.78 is 6.59. The number of anilines is 1. The largest absolute Gasteiger partial charge is 0.383 e. The van der Waals surface area contributed by atoms with Crippen molar-refractivity contribution in [1.29, 1.82) is 5.26 Å². The predicted molar refractivity (Wildman–Crippen MR) is 83.6 cm³/mol. The minimum absolute atomic E-state index is 0.220. The lowest BCUT2D eigenvalue weighted by Crippen LogP contribution is -2.39. The van der Waals surface area contributed by atoms with Crippen molar-refractivity contribution in [3.63, 3.8) is 0 Å². The molecule has 0 amide bonds. The van der Waals surface area contributed by atoms with Crippen LogP contribution in [-0.2, 0) is 4.74 Å². The van der Waals surface area contributed by atoms with E-state index in [0.29, 0.717) is 5.56 Å². The van der Waals surface area contributed by atoms with E-state index in [0.717, 1.165) is 42.8 Å². The summed E-state index contributed by atoms with van der Waals surface area (Å²) in [5.41, 5.74) is 1.59. The van der Waals surface area contributed by atoms with E-state index >= 15 is 0 Å². The van der Waals surface area contributed by atoms with Gasteiger partial charge in [0, 0.05) is 29.0 Å². The Morgan fingerprint density at radius 2 is 2.21 bits per heavy atom. The zero-order chi connectivity index (χ0) is 13.7. The fourth-order valence-electron chi connectivity index (χ4n) is 2.22. The molecule has 1 aliphatic heterocycles. The van der Waals surface area contributed by atoms with Crippen molar-refractivity contribution in [1.82, 2.24) is 0 Å². The number of ether oxygens (including phenoxy) is 1. The fourth-order valence-corrected chi connectivity index (χ4v) is 3.37. The first-order valence-corrected chi connectivity index (χ1v) is 8.27. The molecule has 1 saturated heterocycles. The number of hydrogen-bond donors (Lipinski definition) is 1. The van der Waals surface area contributed by atoms with Crippen LogP contribution in [0.5, 0.6) is 0 Å². The molecule has 1 aromatic rings. The van der Waals surface area contributed by atoms with Crippen molar-refractivity contribution in [2.24, 2.45) is 0 Å². The molecular weight excluding hydrogens is 324 g/mol. The fraction of sp³-hybridized carbons (Fsp3) is 0.500. The number of halogens is 1. The van der Waals surface area contributed by atoms with Crippen molar-refractivity contribution >= 4 is 33.4 Å². The van der Waals surface area contributed by atoms with Gasteiger partial charge in [0.2, 0.25) is 0 Å². The number of nitrogens with one attached hydrogen (secondary N) is 1. The molecule has 2 rings (SSSR count). The van der Waals surface area contributed by atoms with Gasteiger partial charge in [-0.05, 0) is 37.3 Å². The lowest BCUT2D eigenvalue weighted by atomic mass is 9.98. The topological polar surface area (TPSA) is 45.0 Å². The van der Waals surface area contributed by atoms with Crippen LogP contribution in [0.2, 0.25) is 0 Å². The molecule has 19 heavy (non-hydrogen) atoms. The summed E-state index contributed by atoms with van der Waals surface area (Å²) in [6, 6.07) is 7.99. The van der Waals surface area contributed by atoms with Gasteiger partial charge < -0.3 is 10.1 Å². The van der Waals surface area contributed by atoms with Crippen LogP contribution < -0.4 is 5.32 Å². The molecule has 1 fully saturated rings. The van der Waals surface area contributed by atoms with Crippen molar-refractivity contribution in [2.45, 2.75) is 17.6 Å². The summed E-state index contributed by atoms with van der Waals surface area (Å²) in [5, 5.41) is 12.6. The van der Waals surface area contributed by atoms with Gasteiger partial charge >= 0.3 is 0 Å². The number of thioether (sulfide) groups is 1. The quantitative estimate of drug-likeness (QED) is 0.908. The monoisotopic (exact) mass is 340 g/mol. The molecule has 0 bridgehead atoms. The van der Waals surface area contributed by atoms with Crippen LogP contribution in [0, 0.1) is 11.3 Å². The molecule has 0 unspecified atom stereocenters. The molecule has 0 aromatic heterocycles. The SMILES string of the molecule is CSC1(CNc2ccc(Br)cc2C#N)CCOCC1. The van der Waals surface area contributed by atoms with E-state index in [2.05, 4.69) is 33.6 Å². The van der Waals surface area contributed by atoms with E-state index in [4.69, 9.17) is 10.00 Å². The molecule has 0 atom stereocenters. The van der Waals surface area contributed by atoms with Crippen LogP contribution in [0.3, 0.4) is 0 Å². The van der Waals surface area contributed by atoms with Gasteiger partial charge in [-0.3, -0.25) is 0 Å². The molecule has 5 heteroatoms. The van der Waals surface area contributed by atoms with Gasteiger partial charge in [-0.25, -0.2) is 0 Å². The summed E-state index contributed by atoms with van der Waals surface area (Å²) in [4.78, 5) is 0. The maximum absolute atomic E-state index is 9.17. The summed E-state index contributed by atoms with van der Waals surface area (Å²) in [6.45, 7) is 2.52. The molecule has 0 spiro atoms. The van der Waals surface area contributed by atoms with Gasteiger partial charge in [-0.15, -0.1) is 0 Å². The maximum Gasteiger partial charge on any atom is 0.101 e. The average molecular weight is 341 g/mol. The van der Waals surface area contributed by atoms with Crippen LogP contribution in [0.4, 0.5) is 5.69 Å². The molecule has 1 N–H and O–H groups in total. The van der Waals surface area contributed by atoms with Crippen LogP contribution >= 0.6 is 27.7 Å². The number of hydrogen-bond acceptors (Lipinski definition) is 4. The second-order valence-corrected chi connectivity index (χ2v) is 6.84. The first kappa shape index (κ1) is 14.7. The highest BCUT2D eigenvalue weighted by Crippen LogP contribution is 2.34. The van der Waals surface area contributed by atoms with E-state index in [1.165, 1.54) is 0 Å². The summed E-state index contributed by atoms with van der Waals surface area (Å²) in [6.07, 6.45) is 4.26. The Bertz CT molecular complexity index is 481. The highest BCUT2D eigenvalue weighted by Gasteiger charge is 2.31. The molecule has 1 aromatic carbocycles. The van der Waals surface area contributed by atoms with E-state index in [9.17, 15) is 0 Å². The van der Waals surface area contributed by atoms with Gasteiger partial charge in [0.05, 0.1) is 11.3 Å². The molecule has 0 saturated carbocycles. The van der Waals surface area contributed by atoms with Gasteiger partial charge in [0.1, 0.15) is 6.07 Å². The van der Waals surface area contributed by atoms with Crippen LogP contribution in [0.1, 0.15) is 18.4 Å². The second-order valence-electron chi connectivity index (χ2n) is 4.65. The lowest BCUT2D eigenvalue weighted by molar-refractivity contribution is 0.0802. The Hall–Kier alpha value is -0.700. The van der Waals surface area contributed by atoms with Gasteiger partial charge in [-0.2, -0.15) is 17.0 Å². The normalized spacial score (nSPS) is 17.7. The smallest absolute Gasteiger partial charge is 0.101 e. The molecular formula is C14H17BrN2OS. The number of benzene rings is 1. The Labute approximate surface area is 126 Å². The van der Waals surface area contributed by atoms with Gasteiger partial charge in [0.15, 0.2) is 0 Å². The predicted octanol–water partition coefficient (Wildman–Crippen LogP) is 3.64. The third kappa shape index (κ3) is 3.65. The minimum Gasteiger partial charge on any atom is -0.383 e. The Morgan fingerprint density at radius 1 is 1.47 bits per heavy atom. The Balaban J connectivity index is 2.07. The zero-order valence-electron chi connectivity index (χ0n) is 10.9. The number of nitriles is 1. The third-order valence-electron chi connectivity index (χ3n) is 3.54. The van der Waals surface area contributed by atoms with E-state index < -0.39 is 0 Å². The van der Waals surface area contributed by atoms with Crippen molar-refractivity contribution in [3.05, 3.63) is 28.2 Å². The van der Waals surface area contributed by atoms with Crippen molar-refractivity contribution in [3.8, 4) is 6.07 Å². The molecule has 102 valence electrons. The van der Waals surface area contributed by atoms with Crippen LogP contribution in [0.15, 0.2) is 22.7 Å². The van der Waals surface area contributed by atoms with E-state index in [-0.39, 0.29) is 4.75 Å². The summed E-state index contributed by atoms with van der Waals surface area (Å²) >= 11 is 5.28. The minimum atomic E-state index is 0.220. The molecule has 0 aliphatic carbocycles. The first-order valence-electron chi connectivity index (χ1n) is 6.25. The third-order valence-corrected chi connectivity index (χ3v) is 5.45.